The van der Waals surface area contributed by atoms with Crippen molar-refractivity contribution in [2.45, 2.75) is 63.9 Å². The fraction of sp³-hybridized carbons (Fsp3) is 0.364. The van der Waals surface area contributed by atoms with Crippen molar-refractivity contribution in [3.05, 3.63) is 107 Å². The average molecular weight is 565 g/mol. The molecule has 0 heterocycles. The summed E-state index contributed by atoms with van der Waals surface area (Å²) in [6.45, 7) is -0.325. The van der Waals surface area contributed by atoms with Crippen LogP contribution in [0, 0.1) is 0 Å². The highest BCUT2D eigenvalue weighted by atomic mass is 35.5. The lowest BCUT2D eigenvalue weighted by Crippen LogP contribution is -2.31. The maximum atomic E-state index is 12.5. The first-order valence-electron chi connectivity index (χ1n) is 13.8. The Bertz CT molecular complexity index is 1100. The smallest absolute Gasteiger partial charge is 0.306 e. The molecule has 3 aromatic rings. The van der Waals surface area contributed by atoms with Gasteiger partial charge in [0.15, 0.2) is 6.10 Å². The predicted octanol–water partition coefficient (Wildman–Crippen LogP) is 6.71. The van der Waals surface area contributed by atoms with Crippen LogP contribution >= 0.6 is 11.6 Å². The molecule has 3 rings (SSSR count). The van der Waals surface area contributed by atoms with E-state index in [4.69, 9.17) is 25.8 Å². The standard InChI is InChI=1S/C33H37ClO6/c34-29-22-20-28(21-23-29)16-9-19-33(37)40-30(24-38-31(35)17-7-14-26-10-3-1-4-11-26)25-39-32(36)18-8-15-27-12-5-2-6-13-27/h1-6,10-13,20-23,30H,7-9,14-19,24-25H2. The summed E-state index contributed by atoms with van der Waals surface area (Å²) in [4.78, 5) is 37.1. The van der Waals surface area contributed by atoms with Crippen molar-refractivity contribution >= 4 is 29.5 Å². The molecule has 0 aliphatic rings. The molecule has 6 nitrogen and oxygen atoms in total. The number of esters is 3. The summed E-state index contributed by atoms with van der Waals surface area (Å²) in [6, 6.07) is 27.3. The first-order chi connectivity index (χ1) is 19.5. The van der Waals surface area contributed by atoms with Gasteiger partial charge in [0.2, 0.25) is 0 Å². The summed E-state index contributed by atoms with van der Waals surface area (Å²) in [6.07, 6.45) is 3.93. The van der Waals surface area contributed by atoms with Crippen LogP contribution in [-0.4, -0.2) is 37.2 Å². The zero-order chi connectivity index (χ0) is 28.4. The molecular weight excluding hydrogens is 528 g/mol. The number of hydrogen-bond acceptors (Lipinski definition) is 6. The molecule has 0 unspecified atom stereocenters. The number of benzene rings is 3. The molecule has 40 heavy (non-hydrogen) atoms. The topological polar surface area (TPSA) is 78.9 Å². The van der Waals surface area contributed by atoms with E-state index in [9.17, 15) is 14.4 Å². The number of aryl methyl sites for hydroxylation is 3. The van der Waals surface area contributed by atoms with Gasteiger partial charge in [-0.1, -0.05) is 84.4 Å². The van der Waals surface area contributed by atoms with E-state index < -0.39 is 12.1 Å². The number of halogens is 1. The Morgan fingerprint density at radius 1 is 0.550 bits per heavy atom. The third kappa shape index (κ3) is 12.9. The maximum Gasteiger partial charge on any atom is 0.306 e. The van der Waals surface area contributed by atoms with Gasteiger partial charge in [-0.2, -0.15) is 0 Å². The lowest BCUT2D eigenvalue weighted by Gasteiger charge is -2.18. The van der Waals surface area contributed by atoms with Gasteiger partial charge in [-0.3, -0.25) is 14.4 Å². The minimum atomic E-state index is -0.862. The highest BCUT2D eigenvalue weighted by Gasteiger charge is 2.19. The molecular formula is C33H37ClO6. The SMILES string of the molecule is O=C(CCCc1ccccc1)OCC(COC(=O)CCCc1ccccc1)OC(=O)CCCc1ccc(Cl)cc1. The number of carbonyl (C=O) groups is 3. The summed E-state index contributed by atoms with van der Waals surface area (Å²) in [5.41, 5.74) is 3.38. The van der Waals surface area contributed by atoms with Crippen molar-refractivity contribution in [1.82, 2.24) is 0 Å². The fourth-order valence-corrected chi connectivity index (χ4v) is 4.25. The number of hydrogen-bond donors (Lipinski definition) is 0. The first kappa shape index (κ1) is 30.9. The zero-order valence-electron chi connectivity index (χ0n) is 22.8. The van der Waals surface area contributed by atoms with Crippen LogP contribution in [0.2, 0.25) is 5.02 Å². The molecule has 0 saturated heterocycles. The van der Waals surface area contributed by atoms with Gasteiger partial charge in [0.1, 0.15) is 13.2 Å². The molecule has 212 valence electrons. The second-order valence-corrected chi connectivity index (χ2v) is 10.1. The Morgan fingerprint density at radius 3 is 1.40 bits per heavy atom. The van der Waals surface area contributed by atoms with Crippen LogP contribution in [0.4, 0.5) is 0 Å². The van der Waals surface area contributed by atoms with E-state index in [-0.39, 0.29) is 44.4 Å². The van der Waals surface area contributed by atoms with Crippen LogP contribution in [0.1, 0.15) is 55.2 Å². The van der Waals surface area contributed by atoms with E-state index in [2.05, 4.69) is 0 Å². The molecule has 0 aliphatic carbocycles. The van der Waals surface area contributed by atoms with E-state index in [1.807, 2.05) is 84.9 Å². The van der Waals surface area contributed by atoms with Crippen LogP contribution in [-0.2, 0) is 47.9 Å². The van der Waals surface area contributed by atoms with E-state index in [0.717, 1.165) is 29.5 Å². The molecule has 0 saturated carbocycles. The minimum Gasteiger partial charge on any atom is -0.462 e. The minimum absolute atomic E-state index is 0.162. The van der Waals surface area contributed by atoms with Gasteiger partial charge in [-0.05, 0) is 67.3 Å². The molecule has 0 amide bonds. The largest absolute Gasteiger partial charge is 0.462 e. The van der Waals surface area contributed by atoms with Crippen LogP contribution < -0.4 is 0 Å². The van der Waals surface area contributed by atoms with Gasteiger partial charge in [-0.25, -0.2) is 0 Å². The normalized spacial score (nSPS) is 10.8. The highest BCUT2D eigenvalue weighted by Crippen LogP contribution is 2.13. The Hall–Kier alpha value is -3.64. The van der Waals surface area contributed by atoms with Crippen molar-refractivity contribution in [2.75, 3.05) is 13.2 Å². The van der Waals surface area contributed by atoms with Gasteiger partial charge >= 0.3 is 17.9 Å². The summed E-state index contributed by atoms with van der Waals surface area (Å²) < 4.78 is 16.3. The van der Waals surface area contributed by atoms with Crippen molar-refractivity contribution in [2.24, 2.45) is 0 Å². The summed E-state index contributed by atoms with van der Waals surface area (Å²) >= 11 is 5.92. The van der Waals surface area contributed by atoms with Gasteiger partial charge in [-0.15, -0.1) is 0 Å². The van der Waals surface area contributed by atoms with E-state index in [0.29, 0.717) is 30.7 Å². The molecule has 0 spiro atoms. The van der Waals surface area contributed by atoms with E-state index in [1.165, 1.54) is 0 Å². The lowest BCUT2D eigenvalue weighted by molar-refractivity contribution is -0.167. The summed E-state index contributed by atoms with van der Waals surface area (Å²) in [5.74, 6) is -1.19. The Kier molecular flexibility index (Phi) is 13.8. The quantitative estimate of drug-likeness (QED) is 0.134. The Labute approximate surface area is 241 Å². The number of carbonyl (C=O) groups excluding carboxylic acids is 3. The maximum absolute atomic E-state index is 12.5. The van der Waals surface area contributed by atoms with Crippen LogP contribution in [0.15, 0.2) is 84.9 Å². The summed E-state index contributed by atoms with van der Waals surface area (Å²) in [7, 11) is 0. The van der Waals surface area contributed by atoms with E-state index >= 15 is 0 Å². The highest BCUT2D eigenvalue weighted by molar-refractivity contribution is 6.30. The molecule has 0 atom stereocenters. The molecule has 0 fully saturated rings. The van der Waals surface area contributed by atoms with Gasteiger partial charge in [0.25, 0.3) is 0 Å². The third-order valence-electron chi connectivity index (χ3n) is 6.30. The molecule has 3 aromatic carbocycles. The third-order valence-corrected chi connectivity index (χ3v) is 6.55. The van der Waals surface area contributed by atoms with Gasteiger partial charge in [0.05, 0.1) is 0 Å². The van der Waals surface area contributed by atoms with Crippen molar-refractivity contribution in [3.63, 3.8) is 0 Å². The van der Waals surface area contributed by atoms with Crippen LogP contribution in [0.25, 0.3) is 0 Å². The van der Waals surface area contributed by atoms with Gasteiger partial charge in [0, 0.05) is 24.3 Å². The summed E-state index contributed by atoms with van der Waals surface area (Å²) in [5, 5.41) is 0.662. The number of rotatable bonds is 17. The Balaban J connectivity index is 1.42. The average Bonchev–Trinajstić information content (AvgIpc) is 2.96. The second kappa shape index (κ2) is 17.9. The van der Waals surface area contributed by atoms with E-state index in [1.54, 1.807) is 0 Å². The molecule has 0 radical (unpaired) electrons. The van der Waals surface area contributed by atoms with Crippen LogP contribution in [0.3, 0.4) is 0 Å². The van der Waals surface area contributed by atoms with Crippen molar-refractivity contribution in [1.29, 1.82) is 0 Å². The van der Waals surface area contributed by atoms with Crippen LogP contribution in [0.5, 0.6) is 0 Å². The lowest BCUT2D eigenvalue weighted by atomic mass is 10.1. The Morgan fingerprint density at radius 2 is 0.950 bits per heavy atom. The van der Waals surface area contributed by atoms with Gasteiger partial charge < -0.3 is 14.2 Å². The zero-order valence-corrected chi connectivity index (χ0v) is 23.5. The molecule has 0 aromatic heterocycles. The molecule has 7 heteroatoms. The van der Waals surface area contributed by atoms with Crippen molar-refractivity contribution in [3.8, 4) is 0 Å². The molecule has 0 bridgehead atoms. The molecule has 0 N–H and O–H groups in total. The number of ether oxygens (including phenoxy) is 3. The first-order valence-corrected chi connectivity index (χ1v) is 14.2. The second-order valence-electron chi connectivity index (χ2n) is 9.64. The molecule has 0 aliphatic heterocycles. The monoisotopic (exact) mass is 564 g/mol. The fourth-order valence-electron chi connectivity index (χ4n) is 4.13. The van der Waals surface area contributed by atoms with Crippen molar-refractivity contribution < 1.29 is 28.6 Å². The predicted molar refractivity (Wildman–Crippen MR) is 155 cm³/mol.